The molecular weight excluding hydrogens is 378 g/mol. The van der Waals surface area contributed by atoms with Gasteiger partial charge in [-0.3, -0.25) is 4.79 Å². The molecule has 1 N–H and O–H groups in total. The minimum Gasteiger partial charge on any atom is -0.451 e. The second-order valence-corrected chi connectivity index (χ2v) is 8.54. The highest BCUT2D eigenvalue weighted by molar-refractivity contribution is 7.89. The van der Waals surface area contributed by atoms with Crippen molar-refractivity contribution in [1.29, 1.82) is 0 Å². The number of rotatable bonds is 7. The summed E-state index contributed by atoms with van der Waals surface area (Å²) in [5.74, 6) is -1.02. The summed E-state index contributed by atoms with van der Waals surface area (Å²) in [6, 6.07) is 11.2. The summed E-state index contributed by atoms with van der Waals surface area (Å²) in [7, 11) is -3.68. The molecule has 7 heteroatoms. The van der Waals surface area contributed by atoms with Crippen molar-refractivity contribution in [3.8, 4) is 0 Å². The lowest BCUT2D eigenvalue weighted by atomic mass is 10.0. The molecule has 1 atom stereocenters. The third-order valence-corrected chi connectivity index (χ3v) is 6.29. The standard InChI is InChI=1S/C21H23NO5S/c1-3-22-28(25,26)19-9-5-8-18(13-19)21(24)27-14(2)20(23)17-11-10-15-6-4-7-16(15)12-17/h5,8-14,22H,3-4,6-7H2,1-2H3. The molecule has 0 spiro atoms. The van der Waals surface area contributed by atoms with Gasteiger partial charge in [0.1, 0.15) is 0 Å². The summed E-state index contributed by atoms with van der Waals surface area (Å²) in [5.41, 5.74) is 3.03. The summed E-state index contributed by atoms with van der Waals surface area (Å²) < 4.78 is 31.9. The Morgan fingerprint density at radius 3 is 2.57 bits per heavy atom. The number of sulfonamides is 1. The van der Waals surface area contributed by atoms with Crippen LogP contribution in [-0.4, -0.2) is 32.8 Å². The van der Waals surface area contributed by atoms with E-state index in [0.29, 0.717) is 5.56 Å². The van der Waals surface area contributed by atoms with Crippen molar-refractivity contribution in [3.05, 3.63) is 64.7 Å². The molecule has 1 aliphatic carbocycles. The van der Waals surface area contributed by atoms with Crippen molar-refractivity contribution in [2.75, 3.05) is 6.54 Å². The predicted molar refractivity (Wildman–Crippen MR) is 105 cm³/mol. The number of hydrogen-bond acceptors (Lipinski definition) is 5. The lowest BCUT2D eigenvalue weighted by molar-refractivity contribution is 0.0318. The first-order valence-corrected chi connectivity index (χ1v) is 10.8. The average molecular weight is 401 g/mol. The van der Waals surface area contributed by atoms with E-state index in [0.717, 1.165) is 19.3 Å². The molecular formula is C21H23NO5S. The number of carbonyl (C=O) groups is 2. The first-order valence-electron chi connectivity index (χ1n) is 9.28. The fourth-order valence-corrected chi connectivity index (χ4v) is 4.39. The van der Waals surface area contributed by atoms with Crippen LogP contribution in [0.5, 0.6) is 0 Å². The molecule has 1 unspecified atom stereocenters. The summed E-state index contributed by atoms with van der Waals surface area (Å²) in [5, 5.41) is 0. The molecule has 28 heavy (non-hydrogen) atoms. The van der Waals surface area contributed by atoms with Gasteiger partial charge in [0, 0.05) is 12.1 Å². The minimum atomic E-state index is -3.68. The molecule has 6 nitrogen and oxygen atoms in total. The Bertz CT molecular complexity index is 1010. The first kappa shape index (κ1) is 20.2. The number of aryl methyl sites for hydroxylation is 2. The van der Waals surface area contributed by atoms with Gasteiger partial charge in [-0.25, -0.2) is 17.9 Å². The van der Waals surface area contributed by atoms with Crippen molar-refractivity contribution >= 4 is 21.8 Å². The normalized spacial score (nSPS) is 14.4. The monoisotopic (exact) mass is 401 g/mol. The van der Waals surface area contributed by atoms with E-state index >= 15 is 0 Å². The van der Waals surface area contributed by atoms with Crippen LogP contribution in [0.3, 0.4) is 0 Å². The zero-order chi connectivity index (χ0) is 20.3. The third-order valence-electron chi connectivity index (χ3n) is 4.75. The van der Waals surface area contributed by atoms with Gasteiger partial charge >= 0.3 is 5.97 Å². The second-order valence-electron chi connectivity index (χ2n) is 6.78. The van der Waals surface area contributed by atoms with Gasteiger partial charge < -0.3 is 4.74 Å². The number of benzene rings is 2. The van der Waals surface area contributed by atoms with E-state index in [1.54, 1.807) is 13.0 Å². The number of ketones is 1. The first-order chi connectivity index (χ1) is 13.3. The Hall–Kier alpha value is -2.51. The lowest BCUT2D eigenvalue weighted by Crippen LogP contribution is -2.25. The lowest BCUT2D eigenvalue weighted by Gasteiger charge is -2.14. The number of carbonyl (C=O) groups excluding carboxylic acids is 2. The van der Waals surface area contributed by atoms with Crippen LogP contribution in [0.25, 0.3) is 0 Å². The Kier molecular flexibility index (Phi) is 5.96. The van der Waals surface area contributed by atoms with E-state index in [1.807, 2.05) is 12.1 Å². The maximum absolute atomic E-state index is 12.6. The van der Waals surface area contributed by atoms with Gasteiger partial charge in [-0.2, -0.15) is 0 Å². The van der Waals surface area contributed by atoms with Gasteiger partial charge in [-0.1, -0.05) is 25.1 Å². The van der Waals surface area contributed by atoms with Crippen molar-refractivity contribution in [1.82, 2.24) is 4.72 Å². The predicted octanol–water partition coefficient (Wildman–Crippen LogP) is 2.90. The van der Waals surface area contributed by atoms with Crippen LogP contribution in [0.1, 0.15) is 52.1 Å². The molecule has 3 rings (SSSR count). The summed E-state index contributed by atoms with van der Waals surface area (Å²) in [4.78, 5) is 25.0. The number of fused-ring (bicyclic) bond motifs is 1. The van der Waals surface area contributed by atoms with E-state index in [4.69, 9.17) is 4.74 Å². The van der Waals surface area contributed by atoms with Crippen molar-refractivity contribution in [2.45, 2.75) is 44.1 Å². The molecule has 0 saturated heterocycles. The topological polar surface area (TPSA) is 89.5 Å². The quantitative estimate of drug-likeness (QED) is 0.569. The number of esters is 1. The molecule has 0 aliphatic heterocycles. The fraction of sp³-hybridized carbons (Fsp3) is 0.333. The van der Waals surface area contributed by atoms with Gasteiger partial charge in [-0.15, -0.1) is 0 Å². The van der Waals surface area contributed by atoms with Gasteiger partial charge in [0.25, 0.3) is 0 Å². The highest BCUT2D eigenvalue weighted by Crippen LogP contribution is 2.24. The van der Waals surface area contributed by atoms with E-state index < -0.39 is 22.1 Å². The van der Waals surface area contributed by atoms with Gasteiger partial charge in [-0.05, 0) is 61.6 Å². The molecule has 0 bridgehead atoms. The number of nitrogens with one attached hydrogen (secondary N) is 1. The summed E-state index contributed by atoms with van der Waals surface area (Å²) >= 11 is 0. The van der Waals surface area contributed by atoms with Gasteiger partial charge in [0.2, 0.25) is 15.8 Å². The molecule has 2 aromatic carbocycles. The van der Waals surface area contributed by atoms with Crippen LogP contribution >= 0.6 is 0 Å². The van der Waals surface area contributed by atoms with Crippen molar-refractivity contribution < 1.29 is 22.7 Å². The molecule has 0 radical (unpaired) electrons. The molecule has 1 aliphatic rings. The molecule has 2 aromatic rings. The molecule has 148 valence electrons. The zero-order valence-corrected chi connectivity index (χ0v) is 16.7. The fourth-order valence-electron chi connectivity index (χ4n) is 3.31. The van der Waals surface area contributed by atoms with Crippen LogP contribution in [0.15, 0.2) is 47.4 Å². The molecule has 0 amide bonds. The maximum Gasteiger partial charge on any atom is 0.338 e. The Labute approximate surface area is 165 Å². The van der Waals surface area contributed by atoms with E-state index in [9.17, 15) is 18.0 Å². The number of Topliss-reactive ketones (excluding diaryl/α,β-unsaturated/α-hetero) is 1. The summed E-state index contributed by atoms with van der Waals surface area (Å²) in [6.07, 6.45) is 2.10. The van der Waals surface area contributed by atoms with E-state index in [2.05, 4.69) is 4.72 Å². The number of hydrogen-bond donors (Lipinski definition) is 1. The molecule has 0 aromatic heterocycles. The van der Waals surface area contributed by atoms with E-state index in [1.165, 1.54) is 42.3 Å². The van der Waals surface area contributed by atoms with Crippen LogP contribution in [0, 0.1) is 0 Å². The smallest absolute Gasteiger partial charge is 0.338 e. The van der Waals surface area contributed by atoms with Crippen LogP contribution in [0.4, 0.5) is 0 Å². The third kappa shape index (κ3) is 4.31. The summed E-state index contributed by atoms with van der Waals surface area (Å²) in [6.45, 7) is 3.43. The van der Waals surface area contributed by atoms with Crippen LogP contribution in [0.2, 0.25) is 0 Å². The van der Waals surface area contributed by atoms with Gasteiger partial charge in [0.15, 0.2) is 6.10 Å². The minimum absolute atomic E-state index is 0.0265. The Balaban J connectivity index is 1.73. The molecule has 0 saturated carbocycles. The average Bonchev–Trinajstić information content (AvgIpc) is 3.15. The molecule has 0 heterocycles. The highest BCUT2D eigenvalue weighted by atomic mass is 32.2. The van der Waals surface area contributed by atoms with Crippen LogP contribution < -0.4 is 4.72 Å². The van der Waals surface area contributed by atoms with E-state index in [-0.39, 0.29) is 22.8 Å². The van der Waals surface area contributed by atoms with Crippen molar-refractivity contribution in [3.63, 3.8) is 0 Å². The largest absolute Gasteiger partial charge is 0.451 e. The van der Waals surface area contributed by atoms with Gasteiger partial charge in [0.05, 0.1) is 10.5 Å². The number of ether oxygens (including phenoxy) is 1. The highest BCUT2D eigenvalue weighted by Gasteiger charge is 2.23. The maximum atomic E-state index is 12.6. The van der Waals surface area contributed by atoms with Crippen molar-refractivity contribution in [2.24, 2.45) is 0 Å². The zero-order valence-electron chi connectivity index (χ0n) is 15.9. The molecule has 0 fully saturated rings. The SMILES string of the molecule is CCNS(=O)(=O)c1cccc(C(=O)OC(C)C(=O)c2ccc3c(c2)CCC3)c1. The second kappa shape index (κ2) is 8.24. The van der Waals surface area contributed by atoms with Crippen LogP contribution in [-0.2, 0) is 27.6 Å². The Morgan fingerprint density at radius 2 is 1.82 bits per heavy atom. The Morgan fingerprint density at radius 1 is 1.07 bits per heavy atom.